The number of esters is 2. The first-order chi connectivity index (χ1) is 22.4. The van der Waals surface area contributed by atoms with Gasteiger partial charge in [0.1, 0.15) is 43.8 Å². The van der Waals surface area contributed by atoms with Gasteiger partial charge in [0.15, 0.2) is 28.8 Å². The van der Waals surface area contributed by atoms with Crippen LogP contribution in [0.3, 0.4) is 0 Å². The zero-order valence-corrected chi connectivity index (χ0v) is 29.2. The highest BCUT2D eigenvalue weighted by Crippen LogP contribution is 2.38. The largest absolute Gasteiger partial charge is 0.744 e. The standard InChI is InChI=1S/C30H35O6S.C6H5FO3S/c1-29(2,3)35-27(31)20-33-22-17-18-26(25(19-22)34-21-28(32)36-30(4,5)6)37(23-13-9-7-10-14-23)24-15-11-8-12-16-24;7-5-1-3-6(4-2-5)11(8,9)10/h7-19H,20-21H2,1-6H3;1-4H,(H,8,9,10)/q+1;/p-1. The average Bonchev–Trinajstić information content (AvgIpc) is 2.99. The Morgan fingerprint density at radius 2 is 1.15 bits per heavy atom. The number of carbonyl (C=O) groups excluding carboxylic acids is 2. The summed E-state index contributed by atoms with van der Waals surface area (Å²) in [4.78, 5) is 27.3. The van der Waals surface area contributed by atoms with Crippen LogP contribution in [-0.2, 0) is 40.1 Å². The second-order valence-corrected chi connectivity index (χ2v) is 15.6. The number of benzene rings is 4. The van der Waals surface area contributed by atoms with Crippen molar-refractivity contribution in [2.75, 3.05) is 13.2 Å². The number of rotatable bonds is 10. The second-order valence-electron chi connectivity index (χ2n) is 12.2. The number of hydrogen-bond donors (Lipinski definition) is 0. The molecular formula is C36H39FO9S2. The minimum atomic E-state index is -4.44. The average molecular weight is 699 g/mol. The van der Waals surface area contributed by atoms with Crippen LogP contribution < -0.4 is 9.47 Å². The highest BCUT2D eigenvalue weighted by atomic mass is 32.2. The number of carbonyl (C=O) groups is 2. The van der Waals surface area contributed by atoms with Crippen molar-refractivity contribution in [3.63, 3.8) is 0 Å². The molecule has 0 heterocycles. The van der Waals surface area contributed by atoms with Crippen LogP contribution in [0.2, 0.25) is 0 Å². The third-order valence-electron chi connectivity index (χ3n) is 5.74. The second kappa shape index (κ2) is 16.6. The summed E-state index contributed by atoms with van der Waals surface area (Å²) < 4.78 is 65.5. The first-order valence-corrected chi connectivity index (χ1v) is 17.4. The molecule has 0 bridgehead atoms. The van der Waals surface area contributed by atoms with Crippen molar-refractivity contribution in [3.8, 4) is 11.5 Å². The van der Waals surface area contributed by atoms with Crippen molar-refractivity contribution in [2.45, 2.75) is 72.3 Å². The Morgan fingerprint density at radius 1 is 0.688 bits per heavy atom. The molecule has 256 valence electrons. The van der Waals surface area contributed by atoms with Crippen LogP contribution in [0.15, 0.2) is 123 Å². The van der Waals surface area contributed by atoms with Gasteiger partial charge >= 0.3 is 11.9 Å². The molecule has 4 rings (SSSR count). The Balaban J connectivity index is 0.000000480. The van der Waals surface area contributed by atoms with Gasteiger partial charge in [-0.25, -0.2) is 22.4 Å². The molecule has 9 nitrogen and oxygen atoms in total. The molecule has 0 saturated carbocycles. The molecule has 0 radical (unpaired) electrons. The lowest BCUT2D eigenvalue weighted by atomic mass is 10.2. The molecule has 0 spiro atoms. The SMILES string of the molecule is CC(C)(C)OC(=O)COc1ccc([S+](c2ccccc2)c2ccccc2)c(OCC(=O)OC(C)(C)C)c1.O=S(=O)([O-])c1ccc(F)cc1. The quantitative estimate of drug-likeness (QED) is 0.0982. The van der Waals surface area contributed by atoms with Crippen LogP contribution in [0.1, 0.15) is 41.5 Å². The minimum absolute atomic E-state index is 0.245. The highest BCUT2D eigenvalue weighted by molar-refractivity contribution is 7.97. The Morgan fingerprint density at radius 3 is 1.58 bits per heavy atom. The van der Waals surface area contributed by atoms with Crippen LogP contribution in [0.5, 0.6) is 11.5 Å². The molecule has 12 heteroatoms. The maximum Gasteiger partial charge on any atom is 0.344 e. The lowest BCUT2D eigenvalue weighted by Crippen LogP contribution is -2.27. The minimum Gasteiger partial charge on any atom is -0.744 e. The van der Waals surface area contributed by atoms with E-state index in [1.165, 1.54) is 0 Å². The summed E-state index contributed by atoms with van der Waals surface area (Å²) in [6.07, 6.45) is 0. The predicted octanol–water partition coefficient (Wildman–Crippen LogP) is 6.95. The van der Waals surface area contributed by atoms with Gasteiger partial charge in [0.2, 0.25) is 4.90 Å². The summed E-state index contributed by atoms with van der Waals surface area (Å²) in [5.41, 5.74) is -1.23. The zero-order valence-electron chi connectivity index (χ0n) is 27.6. The Labute approximate surface area is 284 Å². The highest BCUT2D eigenvalue weighted by Gasteiger charge is 2.33. The van der Waals surface area contributed by atoms with Gasteiger partial charge in [-0.1, -0.05) is 36.4 Å². The first kappa shape index (κ1) is 38.1. The maximum absolute atomic E-state index is 12.4. The van der Waals surface area contributed by atoms with Crippen LogP contribution in [-0.4, -0.2) is 49.3 Å². The van der Waals surface area contributed by atoms with Gasteiger partial charge in [-0.2, -0.15) is 0 Å². The van der Waals surface area contributed by atoms with Gasteiger partial charge in [-0.05, 0) is 96.1 Å². The van der Waals surface area contributed by atoms with Crippen LogP contribution >= 0.6 is 0 Å². The Hall–Kier alpha value is -4.39. The van der Waals surface area contributed by atoms with Gasteiger partial charge < -0.3 is 23.5 Å². The summed E-state index contributed by atoms with van der Waals surface area (Å²) in [7, 11) is -4.95. The molecule has 48 heavy (non-hydrogen) atoms. The molecule has 0 saturated heterocycles. The van der Waals surface area contributed by atoms with E-state index in [0.717, 1.165) is 39.0 Å². The van der Waals surface area contributed by atoms with E-state index < -0.39 is 54.9 Å². The van der Waals surface area contributed by atoms with Gasteiger partial charge in [0.05, 0.1) is 4.90 Å². The van der Waals surface area contributed by atoms with E-state index in [0.29, 0.717) is 11.5 Å². The lowest BCUT2D eigenvalue weighted by Gasteiger charge is -2.20. The van der Waals surface area contributed by atoms with E-state index in [9.17, 15) is 27.0 Å². The van der Waals surface area contributed by atoms with Crippen LogP contribution in [0.4, 0.5) is 4.39 Å². The Bertz CT molecular complexity index is 1710. The van der Waals surface area contributed by atoms with Crippen molar-refractivity contribution in [3.05, 3.63) is 109 Å². The van der Waals surface area contributed by atoms with Crippen molar-refractivity contribution < 1.29 is 45.9 Å². The normalized spacial score (nSPS) is 11.6. The maximum atomic E-state index is 12.4. The molecule has 0 aromatic heterocycles. The molecule has 0 fully saturated rings. The predicted molar refractivity (Wildman–Crippen MR) is 179 cm³/mol. The molecule has 0 aliphatic heterocycles. The van der Waals surface area contributed by atoms with E-state index in [4.69, 9.17) is 18.9 Å². The first-order valence-electron chi connectivity index (χ1n) is 14.8. The fraction of sp³-hybridized carbons (Fsp3) is 0.278. The topological polar surface area (TPSA) is 128 Å². The molecule has 0 aliphatic carbocycles. The fourth-order valence-electron chi connectivity index (χ4n) is 3.98. The van der Waals surface area contributed by atoms with Gasteiger partial charge in [0.25, 0.3) is 0 Å². The fourth-order valence-corrected chi connectivity index (χ4v) is 6.62. The van der Waals surface area contributed by atoms with E-state index in [2.05, 4.69) is 24.3 Å². The third kappa shape index (κ3) is 13.0. The summed E-state index contributed by atoms with van der Waals surface area (Å²) in [6.45, 7) is 10.3. The van der Waals surface area contributed by atoms with E-state index >= 15 is 0 Å². The Kier molecular flexibility index (Phi) is 13.2. The summed E-state index contributed by atoms with van der Waals surface area (Å²) in [6, 6.07) is 29.3. The number of hydrogen-bond acceptors (Lipinski definition) is 9. The van der Waals surface area contributed by atoms with E-state index in [1.54, 1.807) is 32.9 Å². The van der Waals surface area contributed by atoms with Crippen molar-refractivity contribution in [1.82, 2.24) is 0 Å². The molecule has 0 amide bonds. The molecule has 0 aliphatic rings. The van der Waals surface area contributed by atoms with E-state index in [1.807, 2.05) is 63.2 Å². The third-order valence-corrected chi connectivity index (χ3v) is 8.85. The molecule has 4 aromatic carbocycles. The monoisotopic (exact) mass is 698 g/mol. The van der Waals surface area contributed by atoms with Crippen molar-refractivity contribution >= 4 is 33.0 Å². The van der Waals surface area contributed by atoms with Crippen molar-refractivity contribution in [1.29, 1.82) is 0 Å². The molecule has 0 unspecified atom stereocenters. The van der Waals surface area contributed by atoms with Crippen LogP contribution in [0, 0.1) is 5.82 Å². The van der Waals surface area contributed by atoms with Gasteiger partial charge in [-0.15, -0.1) is 0 Å². The lowest BCUT2D eigenvalue weighted by molar-refractivity contribution is -0.158. The molecule has 0 N–H and O–H groups in total. The number of halogens is 1. The summed E-state index contributed by atoms with van der Waals surface area (Å²) >= 11 is 0. The summed E-state index contributed by atoms with van der Waals surface area (Å²) in [5, 5.41) is 0. The summed E-state index contributed by atoms with van der Waals surface area (Å²) in [5.74, 6) is -0.613. The van der Waals surface area contributed by atoms with Crippen LogP contribution in [0.25, 0.3) is 0 Å². The van der Waals surface area contributed by atoms with Gasteiger partial charge in [0, 0.05) is 12.1 Å². The zero-order chi connectivity index (χ0) is 35.5. The van der Waals surface area contributed by atoms with Gasteiger partial charge in [-0.3, -0.25) is 0 Å². The molecule has 0 atom stereocenters. The molecule has 4 aromatic rings. The molecular weight excluding hydrogens is 660 g/mol. The van der Waals surface area contributed by atoms with Crippen molar-refractivity contribution in [2.24, 2.45) is 0 Å². The smallest absolute Gasteiger partial charge is 0.344 e. The number of ether oxygens (including phenoxy) is 4. The van der Waals surface area contributed by atoms with E-state index in [-0.39, 0.29) is 13.2 Å².